The van der Waals surface area contributed by atoms with E-state index < -0.39 is 0 Å². The molecule has 0 heterocycles. The van der Waals surface area contributed by atoms with Crippen molar-refractivity contribution in [3.63, 3.8) is 0 Å². The molecule has 3 aromatic rings. The third-order valence-electron chi connectivity index (χ3n) is 5.09. The molecule has 0 fully saturated rings. The largest absolute Gasteiger partial charge is 0.494 e. The van der Waals surface area contributed by atoms with E-state index in [1.807, 2.05) is 6.92 Å². The maximum absolute atomic E-state index is 5.83. The molecule has 1 aliphatic carbocycles. The highest BCUT2D eigenvalue weighted by atomic mass is 16.5. The minimum Gasteiger partial charge on any atom is -0.494 e. The molecule has 0 aliphatic heterocycles. The van der Waals surface area contributed by atoms with Gasteiger partial charge in [-0.1, -0.05) is 62.4 Å². The third-order valence-corrected chi connectivity index (χ3v) is 5.09. The zero-order chi connectivity index (χ0) is 17.4. The van der Waals surface area contributed by atoms with Crippen LogP contribution in [-0.2, 0) is 6.42 Å². The van der Waals surface area contributed by atoms with Crippen LogP contribution in [0.5, 0.6) is 5.75 Å². The lowest BCUT2D eigenvalue weighted by molar-refractivity contribution is 0.335. The van der Waals surface area contributed by atoms with E-state index in [-0.39, 0.29) is 0 Å². The number of ether oxygens (including phenoxy) is 1. The van der Waals surface area contributed by atoms with Crippen LogP contribution in [0.15, 0.2) is 60.7 Å². The van der Waals surface area contributed by atoms with Crippen molar-refractivity contribution in [2.45, 2.75) is 33.1 Å². The molecule has 0 spiro atoms. The molecule has 1 aliphatic rings. The van der Waals surface area contributed by atoms with Crippen LogP contribution < -0.4 is 4.74 Å². The maximum atomic E-state index is 5.83. The molecule has 0 atom stereocenters. The van der Waals surface area contributed by atoms with Gasteiger partial charge in [0.25, 0.3) is 0 Å². The zero-order valence-corrected chi connectivity index (χ0v) is 15.2. The van der Waals surface area contributed by atoms with Gasteiger partial charge < -0.3 is 4.74 Å². The van der Waals surface area contributed by atoms with Crippen molar-refractivity contribution < 1.29 is 4.74 Å². The standard InChI is InChI=1S/C24H24O/c1-4-25-24-13-12-18(14-22(24)16(2)3)20-10-7-11-21-19-9-6-5-8-17(19)15-23(20)21/h5-14,16H,4,15H2,1-3H3. The van der Waals surface area contributed by atoms with E-state index in [1.165, 1.54) is 38.9 Å². The van der Waals surface area contributed by atoms with Crippen molar-refractivity contribution in [2.24, 2.45) is 0 Å². The van der Waals surface area contributed by atoms with E-state index in [4.69, 9.17) is 4.74 Å². The lowest BCUT2D eigenvalue weighted by Gasteiger charge is -2.16. The van der Waals surface area contributed by atoms with Crippen molar-refractivity contribution >= 4 is 0 Å². The van der Waals surface area contributed by atoms with Gasteiger partial charge in [-0.25, -0.2) is 0 Å². The molecule has 0 bridgehead atoms. The predicted octanol–water partition coefficient (Wildman–Crippen LogP) is 6.45. The van der Waals surface area contributed by atoms with E-state index in [9.17, 15) is 0 Å². The molecule has 4 rings (SSSR count). The van der Waals surface area contributed by atoms with Crippen molar-refractivity contribution in [2.75, 3.05) is 6.61 Å². The van der Waals surface area contributed by atoms with E-state index in [1.54, 1.807) is 0 Å². The van der Waals surface area contributed by atoms with Crippen LogP contribution in [0.4, 0.5) is 0 Å². The first-order chi connectivity index (χ1) is 12.2. The van der Waals surface area contributed by atoms with Gasteiger partial charge in [-0.15, -0.1) is 0 Å². The van der Waals surface area contributed by atoms with Crippen LogP contribution in [0.2, 0.25) is 0 Å². The zero-order valence-electron chi connectivity index (χ0n) is 15.2. The summed E-state index contributed by atoms with van der Waals surface area (Å²) >= 11 is 0. The van der Waals surface area contributed by atoms with Crippen LogP contribution in [0.3, 0.4) is 0 Å². The molecule has 1 heteroatoms. The molecule has 126 valence electrons. The van der Waals surface area contributed by atoms with E-state index >= 15 is 0 Å². The summed E-state index contributed by atoms with van der Waals surface area (Å²) in [6.07, 6.45) is 1.02. The molecule has 0 unspecified atom stereocenters. The van der Waals surface area contributed by atoms with Gasteiger partial charge in [-0.2, -0.15) is 0 Å². The van der Waals surface area contributed by atoms with Crippen molar-refractivity contribution in [3.05, 3.63) is 77.4 Å². The Morgan fingerprint density at radius 2 is 1.64 bits per heavy atom. The molecule has 0 radical (unpaired) electrons. The van der Waals surface area contributed by atoms with Gasteiger partial charge in [0.2, 0.25) is 0 Å². The first kappa shape index (κ1) is 16.0. The van der Waals surface area contributed by atoms with Crippen LogP contribution in [-0.4, -0.2) is 6.61 Å². The normalized spacial score (nSPS) is 12.2. The highest BCUT2D eigenvalue weighted by Crippen LogP contribution is 2.42. The van der Waals surface area contributed by atoms with Crippen molar-refractivity contribution in [1.82, 2.24) is 0 Å². The maximum Gasteiger partial charge on any atom is 0.122 e. The van der Waals surface area contributed by atoms with Gasteiger partial charge in [0.1, 0.15) is 5.75 Å². The molecule has 25 heavy (non-hydrogen) atoms. The first-order valence-electron chi connectivity index (χ1n) is 9.16. The summed E-state index contributed by atoms with van der Waals surface area (Å²) in [5.74, 6) is 1.45. The Balaban J connectivity index is 1.83. The topological polar surface area (TPSA) is 9.23 Å². The molecule has 3 aromatic carbocycles. The summed E-state index contributed by atoms with van der Waals surface area (Å²) in [5, 5.41) is 0. The van der Waals surface area contributed by atoms with E-state index in [0.717, 1.165) is 12.2 Å². The number of fused-ring (bicyclic) bond motifs is 3. The van der Waals surface area contributed by atoms with Gasteiger partial charge in [-0.05, 0) is 70.3 Å². The first-order valence-corrected chi connectivity index (χ1v) is 9.16. The Labute approximate surface area is 150 Å². The molecule has 0 saturated heterocycles. The molecule has 0 N–H and O–H groups in total. The van der Waals surface area contributed by atoms with Crippen LogP contribution in [0.25, 0.3) is 22.3 Å². The highest BCUT2D eigenvalue weighted by molar-refractivity contribution is 5.85. The van der Waals surface area contributed by atoms with Gasteiger partial charge in [0.05, 0.1) is 6.61 Å². The molecule has 0 amide bonds. The lowest BCUT2D eigenvalue weighted by atomic mass is 9.92. The van der Waals surface area contributed by atoms with Gasteiger partial charge in [0.15, 0.2) is 0 Å². The lowest BCUT2D eigenvalue weighted by Crippen LogP contribution is -1.99. The number of benzene rings is 3. The number of hydrogen-bond acceptors (Lipinski definition) is 1. The second kappa shape index (κ2) is 6.40. The molecular formula is C24H24O. The minimum absolute atomic E-state index is 0.440. The molecule has 0 saturated carbocycles. The second-order valence-electron chi connectivity index (χ2n) is 7.01. The number of rotatable bonds is 4. The highest BCUT2D eigenvalue weighted by Gasteiger charge is 2.21. The average molecular weight is 328 g/mol. The summed E-state index contributed by atoms with van der Waals surface area (Å²) in [6.45, 7) is 7.20. The predicted molar refractivity (Wildman–Crippen MR) is 105 cm³/mol. The minimum atomic E-state index is 0.440. The van der Waals surface area contributed by atoms with Gasteiger partial charge >= 0.3 is 0 Å². The summed E-state index contributed by atoms with van der Waals surface area (Å²) in [5.41, 5.74) is 9.56. The smallest absolute Gasteiger partial charge is 0.122 e. The van der Waals surface area contributed by atoms with Crippen LogP contribution >= 0.6 is 0 Å². The SMILES string of the molecule is CCOc1ccc(-c2cccc3c2Cc2ccccc2-3)cc1C(C)C. The summed E-state index contributed by atoms with van der Waals surface area (Å²) in [7, 11) is 0. The van der Waals surface area contributed by atoms with E-state index in [0.29, 0.717) is 12.5 Å². The quantitative estimate of drug-likeness (QED) is 0.418. The molecule has 0 aromatic heterocycles. The Hall–Kier alpha value is -2.54. The fourth-order valence-corrected chi connectivity index (χ4v) is 3.88. The van der Waals surface area contributed by atoms with Gasteiger partial charge in [-0.3, -0.25) is 0 Å². The van der Waals surface area contributed by atoms with Gasteiger partial charge in [0, 0.05) is 0 Å². The van der Waals surface area contributed by atoms with Crippen molar-refractivity contribution in [3.8, 4) is 28.0 Å². The summed E-state index contributed by atoms with van der Waals surface area (Å²) < 4.78 is 5.83. The monoisotopic (exact) mass is 328 g/mol. The Morgan fingerprint density at radius 3 is 2.44 bits per heavy atom. The van der Waals surface area contributed by atoms with Crippen LogP contribution in [0.1, 0.15) is 43.4 Å². The van der Waals surface area contributed by atoms with Crippen molar-refractivity contribution in [1.29, 1.82) is 0 Å². The molecular weight excluding hydrogens is 304 g/mol. The Morgan fingerprint density at radius 1 is 0.880 bits per heavy atom. The second-order valence-corrected chi connectivity index (χ2v) is 7.01. The molecule has 1 nitrogen and oxygen atoms in total. The van der Waals surface area contributed by atoms with E-state index in [2.05, 4.69) is 74.5 Å². The third kappa shape index (κ3) is 2.74. The average Bonchev–Trinajstić information content (AvgIpc) is 3.01. The summed E-state index contributed by atoms with van der Waals surface area (Å²) in [6, 6.07) is 22.1. The fourth-order valence-electron chi connectivity index (χ4n) is 3.88. The van der Waals surface area contributed by atoms with Crippen LogP contribution in [0, 0.1) is 0 Å². The number of hydrogen-bond donors (Lipinski definition) is 0. The summed E-state index contributed by atoms with van der Waals surface area (Å²) in [4.78, 5) is 0. The Kier molecular flexibility index (Phi) is 4.09. The fraction of sp³-hybridized carbons (Fsp3) is 0.250. The Bertz CT molecular complexity index is 921.